The number of rotatable bonds is 5. The van der Waals surface area contributed by atoms with Crippen molar-refractivity contribution in [2.75, 3.05) is 18.9 Å². The van der Waals surface area contributed by atoms with Gasteiger partial charge in [0, 0.05) is 0 Å². The van der Waals surface area contributed by atoms with Crippen LogP contribution < -0.4 is 14.2 Å². The summed E-state index contributed by atoms with van der Waals surface area (Å²) >= 11 is 0. The molecule has 1 N–H and O–H groups in total. The lowest BCUT2D eigenvalue weighted by Gasteiger charge is -2.16. The third-order valence-electron chi connectivity index (χ3n) is 3.80. The molecule has 0 fully saturated rings. The summed E-state index contributed by atoms with van der Waals surface area (Å²) in [6.45, 7) is 5.49. The van der Waals surface area contributed by atoms with E-state index in [9.17, 15) is 8.42 Å². The number of nitrogens with one attached hydrogen (secondary N) is 1. The van der Waals surface area contributed by atoms with Crippen molar-refractivity contribution in [3.05, 3.63) is 47.0 Å². The van der Waals surface area contributed by atoms with E-state index in [0.717, 1.165) is 11.1 Å². The van der Waals surface area contributed by atoms with Crippen molar-refractivity contribution >= 4 is 15.7 Å². The van der Waals surface area contributed by atoms with Crippen LogP contribution in [0.25, 0.3) is 0 Å². The zero-order valence-electron chi connectivity index (χ0n) is 13.9. The van der Waals surface area contributed by atoms with Crippen LogP contribution in [0, 0.1) is 20.8 Å². The Balaban J connectivity index is 2.48. The van der Waals surface area contributed by atoms with Crippen molar-refractivity contribution < 1.29 is 17.9 Å². The van der Waals surface area contributed by atoms with Gasteiger partial charge in [0.1, 0.15) is 11.5 Å². The summed E-state index contributed by atoms with van der Waals surface area (Å²) in [5.41, 5.74) is 2.81. The molecular formula is C17H21NO4S. The lowest BCUT2D eigenvalue weighted by atomic mass is 10.1. The number of hydrogen-bond acceptors (Lipinski definition) is 4. The van der Waals surface area contributed by atoms with Crippen LogP contribution in [0.1, 0.15) is 16.7 Å². The van der Waals surface area contributed by atoms with E-state index in [-0.39, 0.29) is 4.90 Å². The molecule has 0 saturated heterocycles. The Hall–Kier alpha value is -2.21. The molecule has 0 saturated carbocycles. The molecule has 23 heavy (non-hydrogen) atoms. The zero-order chi connectivity index (χ0) is 17.2. The van der Waals surface area contributed by atoms with E-state index < -0.39 is 10.0 Å². The van der Waals surface area contributed by atoms with Gasteiger partial charge in [-0.25, -0.2) is 8.42 Å². The van der Waals surface area contributed by atoms with E-state index in [2.05, 4.69) is 4.72 Å². The molecule has 0 aliphatic heterocycles. The quantitative estimate of drug-likeness (QED) is 0.909. The standard InChI is InChI=1S/C17H21NO4S/c1-11-6-7-16(22-5)14(10-11)18-23(19,20)17-9-8-15(21-4)12(2)13(17)3/h6-10,18H,1-5H3. The molecule has 6 heteroatoms. The van der Waals surface area contributed by atoms with Crippen LogP contribution in [0.4, 0.5) is 5.69 Å². The van der Waals surface area contributed by atoms with Gasteiger partial charge in [-0.05, 0) is 61.7 Å². The summed E-state index contributed by atoms with van der Waals surface area (Å²) in [7, 11) is -0.660. The van der Waals surface area contributed by atoms with Gasteiger partial charge in [-0.1, -0.05) is 6.07 Å². The third-order valence-corrected chi connectivity index (χ3v) is 5.31. The summed E-state index contributed by atoms with van der Waals surface area (Å²) in [5, 5.41) is 0. The largest absolute Gasteiger partial charge is 0.496 e. The molecule has 0 unspecified atom stereocenters. The van der Waals surface area contributed by atoms with E-state index in [1.54, 1.807) is 38.3 Å². The summed E-state index contributed by atoms with van der Waals surface area (Å²) in [6, 6.07) is 8.54. The number of hydrogen-bond donors (Lipinski definition) is 1. The summed E-state index contributed by atoms with van der Waals surface area (Å²) in [6.07, 6.45) is 0. The Morgan fingerprint density at radius 3 is 2.09 bits per heavy atom. The van der Waals surface area contributed by atoms with Crippen LogP contribution in [0.2, 0.25) is 0 Å². The van der Waals surface area contributed by atoms with Gasteiger partial charge in [0.25, 0.3) is 10.0 Å². The Morgan fingerprint density at radius 1 is 0.870 bits per heavy atom. The number of aryl methyl sites for hydroxylation is 1. The molecule has 2 aromatic rings. The maximum absolute atomic E-state index is 12.7. The Kier molecular flexibility index (Phi) is 4.85. The van der Waals surface area contributed by atoms with Crippen molar-refractivity contribution in [2.45, 2.75) is 25.7 Å². The predicted octanol–water partition coefficient (Wildman–Crippen LogP) is 3.43. The second kappa shape index (κ2) is 6.50. The Labute approximate surface area is 137 Å². The molecule has 2 aromatic carbocycles. The van der Waals surface area contributed by atoms with E-state index in [1.165, 1.54) is 7.11 Å². The average Bonchev–Trinajstić information content (AvgIpc) is 2.49. The van der Waals surface area contributed by atoms with Crippen LogP contribution in [-0.4, -0.2) is 22.6 Å². The van der Waals surface area contributed by atoms with Gasteiger partial charge >= 0.3 is 0 Å². The fourth-order valence-electron chi connectivity index (χ4n) is 2.38. The fourth-order valence-corrected chi connectivity index (χ4v) is 3.75. The summed E-state index contributed by atoms with van der Waals surface area (Å²) in [4.78, 5) is 0.222. The van der Waals surface area contributed by atoms with Crippen molar-refractivity contribution in [3.8, 4) is 11.5 Å². The first-order chi connectivity index (χ1) is 10.8. The van der Waals surface area contributed by atoms with Gasteiger partial charge in [-0.15, -0.1) is 0 Å². The SMILES string of the molecule is COc1ccc(C)cc1NS(=O)(=O)c1ccc(OC)c(C)c1C. The van der Waals surface area contributed by atoms with Crippen LogP contribution in [0.3, 0.4) is 0 Å². The smallest absolute Gasteiger partial charge is 0.262 e. The molecule has 0 bridgehead atoms. The van der Waals surface area contributed by atoms with Crippen molar-refractivity contribution in [1.82, 2.24) is 0 Å². The number of anilines is 1. The molecular weight excluding hydrogens is 314 g/mol. The van der Waals surface area contributed by atoms with Crippen LogP contribution in [0.15, 0.2) is 35.2 Å². The molecule has 5 nitrogen and oxygen atoms in total. The predicted molar refractivity (Wildman–Crippen MR) is 91.0 cm³/mol. The first-order valence-corrected chi connectivity index (χ1v) is 8.60. The monoisotopic (exact) mass is 335 g/mol. The van der Waals surface area contributed by atoms with Crippen molar-refractivity contribution in [3.63, 3.8) is 0 Å². The Bertz CT molecular complexity index is 829. The second-order valence-corrected chi connectivity index (χ2v) is 6.98. The minimum atomic E-state index is -3.73. The number of sulfonamides is 1. The highest BCUT2D eigenvalue weighted by Gasteiger charge is 2.21. The maximum atomic E-state index is 12.7. The van der Waals surface area contributed by atoms with Crippen LogP contribution in [-0.2, 0) is 10.0 Å². The fraction of sp³-hybridized carbons (Fsp3) is 0.294. The molecule has 0 aliphatic carbocycles. The lowest BCUT2D eigenvalue weighted by molar-refractivity contribution is 0.410. The van der Waals surface area contributed by atoms with Gasteiger partial charge in [-0.2, -0.15) is 0 Å². The normalized spacial score (nSPS) is 11.2. The minimum absolute atomic E-state index is 0.222. The first kappa shape index (κ1) is 17.1. The molecule has 0 heterocycles. The van der Waals surface area contributed by atoms with Gasteiger partial charge < -0.3 is 9.47 Å². The minimum Gasteiger partial charge on any atom is -0.496 e. The third kappa shape index (κ3) is 3.42. The molecule has 124 valence electrons. The molecule has 0 amide bonds. The number of methoxy groups -OCH3 is 2. The van der Waals surface area contributed by atoms with Gasteiger partial charge in [0.2, 0.25) is 0 Å². The van der Waals surface area contributed by atoms with Gasteiger partial charge in [0.05, 0.1) is 24.8 Å². The highest BCUT2D eigenvalue weighted by molar-refractivity contribution is 7.92. The van der Waals surface area contributed by atoms with Crippen LogP contribution in [0.5, 0.6) is 11.5 Å². The average molecular weight is 335 g/mol. The first-order valence-electron chi connectivity index (χ1n) is 7.12. The zero-order valence-corrected chi connectivity index (χ0v) is 14.7. The molecule has 0 aliphatic rings. The van der Waals surface area contributed by atoms with Gasteiger partial charge in [0.15, 0.2) is 0 Å². The van der Waals surface area contributed by atoms with Crippen molar-refractivity contribution in [2.24, 2.45) is 0 Å². The van der Waals surface area contributed by atoms with Crippen molar-refractivity contribution in [1.29, 1.82) is 0 Å². The topological polar surface area (TPSA) is 64.6 Å². The molecule has 0 radical (unpaired) electrons. The highest BCUT2D eigenvalue weighted by Crippen LogP contribution is 2.31. The Morgan fingerprint density at radius 2 is 1.48 bits per heavy atom. The van der Waals surface area contributed by atoms with Gasteiger partial charge in [-0.3, -0.25) is 4.72 Å². The van der Waals surface area contributed by atoms with E-state index in [4.69, 9.17) is 9.47 Å². The summed E-state index contributed by atoms with van der Waals surface area (Å²) < 4.78 is 38.6. The number of benzene rings is 2. The second-order valence-electron chi connectivity index (χ2n) is 5.33. The van der Waals surface area contributed by atoms with E-state index >= 15 is 0 Å². The molecule has 0 aromatic heterocycles. The maximum Gasteiger partial charge on any atom is 0.262 e. The molecule has 0 atom stereocenters. The van der Waals surface area contributed by atoms with E-state index in [0.29, 0.717) is 22.7 Å². The van der Waals surface area contributed by atoms with Crippen LogP contribution >= 0.6 is 0 Å². The van der Waals surface area contributed by atoms with E-state index in [1.807, 2.05) is 19.9 Å². The summed E-state index contributed by atoms with van der Waals surface area (Å²) in [5.74, 6) is 1.14. The lowest BCUT2D eigenvalue weighted by Crippen LogP contribution is -2.15. The molecule has 2 rings (SSSR count). The highest BCUT2D eigenvalue weighted by atomic mass is 32.2. The number of ether oxygens (including phenoxy) is 2. The molecule has 0 spiro atoms.